The summed E-state index contributed by atoms with van der Waals surface area (Å²) in [6.07, 6.45) is 3.28. The number of aliphatic hydroxyl groups excluding tert-OH is 1. The molecule has 3 aromatic rings. The molecule has 1 saturated heterocycles. The van der Waals surface area contributed by atoms with Crippen LogP contribution in [-0.2, 0) is 10.2 Å². The van der Waals surface area contributed by atoms with Gasteiger partial charge in [-0.3, -0.25) is 0 Å². The Kier molecular flexibility index (Phi) is 7.17. The van der Waals surface area contributed by atoms with Gasteiger partial charge in [0, 0.05) is 43.0 Å². The van der Waals surface area contributed by atoms with Crippen molar-refractivity contribution in [3.63, 3.8) is 0 Å². The van der Waals surface area contributed by atoms with Crippen LogP contribution >= 0.6 is 0 Å². The maximum Gasteiger partial charge on any atom is 0.161 e. The molecule has 33 heavy (non-hydrogen) atoms. The lowest BCUT2D eigenvalue weighted by atomic mass is 9.89. The average Bonchev–Trinajstić information content (AvgIpc) is 3.24. The number of aromatic nitrogens is 3. The van der Waals surface area contributed by atoms with Crippen LogP contribution < -0.4 is 15.4 Å². The Morgan fingerprint density at radius 2 is 2.03 bits per heavy atom. The molecule has 2 aromatic heterocycles. The second-order valence-electron chi connectivity index (χ2n) is 9.65. The fourth-order valence-electron chi connectivity index (χ4n) is 4.03. The van der Waals surface area contributed by atoms with Crippen LogP contribution in [0, 0.1) is 0 Å². The van der Waals surface area contributed by atoms with Gasteiger partial charge in [-0.05, 0) is 37.4 Å². The van der Waals surface area contributed by atoms with Gasteiger partial charge < -0.3 is 25.2 Å². The van der Waals surface area contributed by atoms with Gasteiger partial charge in [0.05, 0.1) is 11.9 Å². The molecule has 0 spiro atoms. The van der Waals surface area contributed by atoms with Gasteiger partial charge in [-0.1, -0.05) is 32.9 Å². The molecule has 8 heteroatoms. The number of hydrogen-bond acceptors (Lipinski definition) is 7. The van der Waals surface area contributed by atoms with Crippen molar-refractivity contribution in [3.05, 3.63) is 42.1 Å². The van der Waals surface area contributed by atoms with E-state index in [1.54, 1.807) is 7.05 Å². The third-order valence-corrected chi connectivity index (χ3v) is 5.87. The lowest BCUT2D eigenvalue weighted by molar-refractivity contribution is 0.0903. The van der Waals surface area contributed by atoms with Gasteiger partial charge in [0.2, 0.25) is 0 Å². The first-order valence-electron chi connectivity index (χ1n) is 11.6. The van der Waals surface area contributed by atoms with E-state index >= 15 is 0 Å². The predicted molar refractivity (Wildman–Crippen MR) is 130 cm³/mol. The van der Waals surface area contributed by atoms with E-state index in [0.717, 1.165) is 54.3 Å². The summed E-state index contributed by atoms with van der Waals surface area (Å²) in [5, 5.41) is 21.3. The molecule has 1 atom stereocenters. The van der Waals surface area contributed by atoms with E-state index in [0.29, 0.717) is 18.3 Å². The molecule has 3 heterocycles. The summed E-state index contributed by atoms with van der Waals surface area (Å²) >= 11 is 0. The van der Waals surface area contributed by atoms with E-state index in [1.165, 1.54) is 0 Å². The second-order valence-corrected chi connectivity index (χ2v) is 9.65. The van der Waals surface area contributed by atoms with E-state index in [1.807, 2.05) is 35.0 Å². The van der Waals surface area contributed by atoms with Crippen molar-refractivity contribution in [3.8, 4) is 17.0 Å². The summed E-state index contributed by atoms with van der Waals surface area (Å²) in [6.45, 7) is 8.77. The molecule has 1 aromatic carbocycles. The molecule has 0 radical (unpaired) electrons. The fraction of sp³-hybridized carbons (Fsp3) is 0.520. The number of nitrogens with zero attached hydrogens (tertiary/aromatic N) is 3. The van der Waals surface area contributed by atoms with Crippen LogP contribution in [0.25, 0.3) is 16.9 Å². The number of ether oxygens (including phenoxy) is 2. The standard InChI is InChI=1S/C25H35N5O3/c1-25(2,3)21-15-27-30-23(28-18-8-10-32-11-9-18)13-22(29-24(21)30)17-6-5-7-20(12-17)33-16-19(31)14-26-4/h5-7,12-13,15,18-19,26,28,31H,8-11,14,16H2,1-4H3/t19-/m0/s1. The van der Waals surface area contributed by atoms with Crippen molar-refractivity contribution >= 4 is 11.5 Å². The number of nitrogens with one attached hydrogen (secondary N) is 2. The van der Waals surface area contributed by atoms with Gasteiger partial charge in [0.1, 0.15) is 24.3 Å². The Balaban J connectivity index is 1.70. The zero-order valence-electron chi connectivity index (χ0n) is 20.0. The molecule has 3 N–H and O–H groups in total. The molecule has 1 aliphatic heterocycles. The molecule has 4 rings (SSSR count). The molecule has 8 nitrogen and oxygen atoms in total. The molecule has 0 unspecified atom stereocenters. The number of likely N-dealkylation sites (N-methyl/N-ethyl adjacent to an activating group) is 1. The molecule has 0 bridgehead atoms. The highest BCUT2D eigenvalue weighted by Gasteiger charge is 2.23. The quantitative estimate of drug-likeness (QED) is 0.482. The molecule has 0 aliphatic carbocycles. The average molecular weight is 454 g/mol. The molecule has 178 valence electrons. The predicted octanol–water partition coefficient (Wildman–Crippen LogP) is 3.24. The lowest BCUT2D eigenvalue weighted by Gasteiger charge is -2.25. The molecular formula is C25H35N5O3. The maximum atomic E-state index is 9.96. The molecule has 1 fully saturated rings. The first-order valence-corrected chi connectivity index (χ1v) is 11.6. The zero-order valence-corrected chi connectivity index (χ0v) is 20.0. The summed E-state index contributed by atoms with van der Waals surface area (Å²) in [4.78, 5) is 5.01. The van der Waals surface area contributed by atoms with E-state index in [9.17, 15) is 5.11 Å². The van der Waals surface area contributed by atoms with Crippen LogP contribution in [-0.4, -0.2) is 65.3 Å². The number of hydrogen-bond donors (Lipinski definition) is 3. The Labute approximate surface area is 195 Å². The minimum absolute atomic E-state index is 0.0856. The van der Waals surface area contributed by atoms with Crippen molar-refractivity contribution in [2.45, 2.75) is 51.2 Å². The number of aliphatic hydroxyl groups is 1. The lowest BCUT2D eigenvalue weighted by Crippen LogP contribution is -2.29. The van der Waals surface area contributed by atoms with Crippen LogP contribution in [0.3, 0.4) is 0 Å². The Morgan fingerprint density at radius 3 is 2.76 bits per heavy atom. The van der Waals surface area contributed by atoms with Crippen LogP contribution in [0.5, 0.6) is 5.75 Å². The maximum absolute atomic E-state index is 9.96. The van der Waals surface area contributed by atoms with Gasteiger partial charge in [0.25, 0.3) is 0 Å². The molecule has 0 amide bonds. The van der Waals surface area contributed by atoms with Crippen molar-refractivity contribution < 1.29 is 14.6 Å². The van der Waals surface area contributed by atoms with Crippen LogP contribution in [0.1, 0.15) is 39.2 Å². The summed E-state index contributed by atoms with van der Waals surface area (Å²) in [6, 6.07) is 10.2. The summed E-state index contributed by atoms with van der Waals surface area (Å²) in [7, 11) is 1.81. The van der Waals surface area contributed by atoms with Crippen molar-refractivity contribution in [2.24, 2.45) is 0 Å². The van der Waals surface area contributed by atoms with E-state index in [2.05, 4.69) is 42.6 Å². The van der Waals surface area contributed by atoms with Crippen molar-refractivity contribution in [1.29, 1.82) is 0 Å². The zero-order chi connectivity index (χ0) is 23.4. The van der Waals surface area contributed by atoms with Crippen LogP contribution in [0.2, 0.25) is 0 Å². The molecule has 0 saturated carbocycles. The number of rotatable bonds is 8. The normalized spacial score (nSPS) is 16.2. The van der Waals surface area contributed by atoms with Gasteiger partial charge >= 0.3 is 0 Å². The number of fused-ring (bicyclic) bond motifs is 1. The number of anilines is 1. The second kappa shape index (κ2) is 10.1. The highest BCUT2D eigenvalue weighted by atomic mass is 16.5. The summed E-state index contributed by atoms with van der Waals surface area (Å²) < 4.78 is 13.3. The third-order valence-electron chi connectivity index (χ3n) is 5.87. The van der Waals surface area contributed by atoms with Crippen LogP contribution in [0.4, 0.5) is 5.82 Å². The summed E-state index contributed by atoms with van der Waals surface area (Å²) in [5.74, 6) is 1.63. The highest BCUT2D eigenvalue weighted by Crippen LogP contribution is 2.31. The molecule has 1 aliphatic rings. The third kappa shape index (κ3) is 5.63. The Morgan fingerprint density at radius 1 is 1.24 bits per heavy atom. The van der Waals surface area contributed by atoms with Crippen molar-refractivity contribution in [1.82, 2.24) is 19.9 Å². The SMILES string of the molecule is CNC[C@H](O)COc1cccc(-c2cc(NC3CCOCC3)n3ncc(C(C)(C)C)c3n2)c1. The van der Waals surface area contributed by atoms with Crippen LogP contribution in [0.15, 0.2) is 36.5 Å². The fourth-order valence-corrected chi connectivity index (χ4v) is 4.03. The van der Waals surface area contributed by atoms with E-state index < -0.39 is 6.10 Å². The minimum Gasteiger partial charge on any atom is -0.491 e. The summed E-state index contributed by atoms with van der Waals surface area (Å²) in [5.41, 5.74) is 3.67. The topological polar surface area (TPSA) is 92.9 Å². The number of benzene rings is 1. The largest absolute Gasteiger partial charge is 0.491 e. The van der Waals surface area contributed by atoms with Gasteiger partial charge in [0.15, 0.2) is 5.65 Å². The monoisotopic (exact) mass is 453 g/mol. The van der Waals surface area contributed by atoms with Crippen molar-refractivity contribution in [2.75, 3.05) is 38.7 Å². The van der Waals surface area contributed by atoms with Gasteiger partial charge in [-0.25, -0.2) is 4.98 Å². The van der Waals surface area contributed by atoms with E-state index in [-0.39, 0.29) is 12.0 Å². The molecular weight excluding hydrogens is 418 g/mol. The van der Waals surface area contributed by atoms with E-state index in [4.69, 9.17) is 14.5 Å². The minimum atomic E-state index is -0.565. The van der Waals surface area contributed by atoms with Gasteiger partial charge in [-0.15, -0.1) is 0 Å². The highest BCUT2D eigenvalue weighted by molar-refractivity contribution is 5.69. The first-order chi connectivity index (χ1) is 15.8. The van der Waals surface area contributed by atoms with Gasteiger partial charge in [-0.2, -0.15) is 9.61 Å². The first kappa shape index (κ1) is 23.5. The smallest absolute Gasteiger partial charge is 0.161 e. The Hall–Kier alpha value is -2.68. The Bertz CT molecular complexity index is 1070.